The average molecular weight is 379 g/mol. The minimum absolute atomic E-state index is 0.499. The van der Waals surface area contributed by atoms with Gasteiger partial charge in [0.25, 0.3) is 0 Å². The largest absolute Gasteiger partial charge is 0.377 e. The van der Waals surface area contributed by atoms with E-state index < -0.39 is 0 Å². The van der Waals surface area contributed by atoms with Crippen LogP contribution < -0.4 is 0 Å². The van der Waals surface area contributed by atoms with Gasteiger partial charge in [-0.3, -0.25) is 4.57 Å². The Morgan fingerprint density at radius 1 is 1.11 bits per heavy atom. The number of thiophene rings is 1. The van der Waals surface area contributed by atoms with Crippen LogP contribution in [-0.4, -0.2) is 28.0 Å². The van der Waals surface area contributed by atoms with E-state index in [1.165, 1.54) is 32.1 Å². The topological polar surface area (TPSA) is 49.2 Å². The van der Waals surface area contributed by atoms with Crippen LogP contribution in [0.3, 0.4) is 0 Å². The van der Waals surface area contributed by atoms with Gasteiger partial charge in [-0.25, -0.2) is 0 Å². The van der Waals surface area contributed by atoms with Gasteiger partial charge < -0.3 is 9.47 Å². The molecule has 0 amide bonds. The molecule has 1 aromatic carbocycles. The standard InChI is InChI=1S/C21H21N3O2S/c1-14-22-23-19-13-26-12-18-17(11-15-5-3-2-4-6-15)20(27-21(18)24(14)19)16-7-9-25-10-8-16/h2-7H,8-13H2,1H3. The molecular weight excluding hydrogens is 358 g/mol. The van der Waals surface area contributed by atoms with E-state index >= 15 is 0 Å². The summed E-state index contributed by atoms with van der Waals surface area (Å²) in [6.45, 7) is 4.59. The Kier molecular flexibility index (Phi) is 4.39. The molecule has 138 valence electrons. The lowest BCUT2D eigenvalue weighted by Crippen LogP contribution is -2.05. The number of hydrogen-bond acceptors (Lipinski definition) is 5. The maximum Gasteiger partial charge on any atom is 0.164 e. The van der Waals surface area contributed by atoms with Crippen LogP contribution >= 0.6 is 11.3 Å². The Morgan fingerprint density at radius 3 is 2.81 bits per heavy atom. The third-order valence-electron chi connectivity index (χ3n) is 5.15. The van der Waals surface area contributed by atoms with Crippen molar-refractivity contribution in [3.8, 4) is 5.00 Å². The summed E-state index contributed by atoms with van der Waals surface area (Å²) in [5.41, 5.74) is 5.35. The quantitative estimate of drug-likeness (QED) is 0.689. The van der Waals surface area contributed by atoms with Crippen molar-refractivity contribution in [2.24, 2.45) is 0 Å². The van der Waals surface area contributed by atoms with Crippen LogP contribution in [0.5, 0.6) is 0 Å². The Bertz CT molecular complexity index is 1000. The molecule has 0 N–H and O–H groups in total. The molecule has 2 aliphatic rings. The van der Waals surface area contributed by atoms with E-state index in [1.807, 2.05) is 18.3 Å². The molecular formula is C21H21N3O2S. The first-order valence-electron chi connectivity index (χ1n) is 9.26. The van der Waals surface area contributed by atoms with Crippen molar-refractivity contribution >= 4 is 16.9 Å². The number of nitrogens with zero attached hydrogens (tertiary/aromatic N) is 3. The van der Waals surface area contributed by atoms with Crippen LogP contribution in [0.4, 0.5) is 0 Å². The summed E-state index contributed by atoms with van der Waals surface area (Å²) in [6.07, 6.45) is 4.08. The lowest BCUT2D eigenvalue weighted by molar-refractivity contribution is 0.104. The first kappa shape index (κ1) is 16.9. The second-order valence-corrected chi connectivity index (χ2v) is 7.90. The number of benzene rings is 1. The molecule has 6 heteroatoms. The molecule has 5 rings (SSSR count). The van der Waals surface area contributed by atoms with Crippen LogP contribution in [0.15, 0.2) is 36.4 Å². The van der Waals surface area contributed by atoms with Crippen molar-refractivity contribution in [2.45, 2.75) is 33.0 Å². The summed E-state index contributed by atoms with van der Waals surface area (Å²) in [6, 6.07) is 10.7. The Morgan fingerprint density at radius 2 is 2.00 bits per heavy atom. The monoisotopic (exact) mass is 379 g/mol. The SMILES string of the molecule is Cc1nnc2n1-c1sc(C3=CCOCC3)c(Cc3ccccc3)c1COC2. The van der Waals surface area contributed by atoms with Gasteiger partial charge in [0.2, 0.25) is 0 Å². The summed E-state index contributed by atoms with van der Waals surface area (Å²) in [5, 5.41) is 9.80. The number of hydrogen-bond donors (Lipinski definition) is 0. The highest BCUT2D eigenvalue weighted by molar-refractivity contribution is 7.16. The molecule has 5 nitrogen and oxygen atoms in total. The molecule has 2 aliphatic heterocycles. The van der Waals surface area contributed by atoms with Gasteiger partial charge in [-0.15, -0.1) is 21.5 Å². The van der Waals surface area contributed by atoms with E-state index in [-0.39, 0.29) is 0 Å². The minimum atomic E-state index is 0.499. The average Bonchev–Trinajstić information content (AvgIpc) is 3.18. The van der Waals surface area contributed by atoms with Gasteiger partial charge in [0.15, 0.2) is 5.82 Å². The lowest BCUT2D eigenvalue weighted by Gasteiger charge is -2.15. The molecule has 0 spiro atoms. The minimum Gasteiger partial charge on any atom is -0.377 e. The van der Waals surface area contributed by atoms with Crippen molar-refractivity contribution < 1.29 is 9.47 Å². The predicted molar refractivity (Wildman–Crippen MR) is 105 cm³/mol. The zero-order valence-electron chi connectivity index (χ0n) is 15.3. The summed E-state index contributed by atoms with van der Waals surface area (Å²) in [7, 11) is 0. The molecule has 0 aliphatic carbocycles. The van der Waals surface area contributed by atoms with Crippen LogP contribution in [0.25, 0.3) is 10.6 Å². The van der Waals surface area contributed by atoms with Crippen molar-refractivity contribution in [3.63, 3.8) is 0 Å². The highest BCUT2D eigenvalue weighted by Gasteiger charge is 2.27. The van der Waals surface area contributed by atoms with E-state index in [2.05, 4.69) is 51.2 Å². The summed E-state index contributed by atoms with van der Waals surface area (Å²) in [5.74, 6) is 1.79. The molecule has 0 bridgehead atoms. The second kappa shape index (κ2) is 7.03. The number of aromatic nitrogens is 3. The fourth-order valence-electron chi connectivity index (χ4n) is 3.80. The van der Waals surface area contributed by atoms with E-state index in [0.29, 0.717) is 19.8 Å². The van der Waals surface area contributed by atoms with Gasteiger partial charge in [-0.2, -0.15) is 0 Å². The summed E-state index contributed by atoms with van der Waals surface area (Å²) < 4.78 is 13.7. The zero-order chi connectivity index (χ0) is 18.2. The van der Waals surface area contributed by atoms with Crippen LogP contribution in [0.2, 0.25) is 0 Å². The molecule has 0 atom stereocenters. The van der Waals surface area contributed by atoms with Crippen LogP contribution in [-0.2, 0) is 29.1 Å². The molecule has 0 radical (unpaired) electrons. The smallest absolute Gasteiger partial charge is 0.164 e. The maximum atomic E-state index is 5.98. The fraction of sp³-hybridized carbons (Fsp3) is 0.333. The maximum absolute atomic E-state index is 5.98. The van der Waals surface area contributed by atoms with Crippen LogP contribution in [0.1, 0.15) is 39.6 Å². The molecule has 27 heavy (non-hydrogen) atoms. The van der Waals surface area contributed by atoms with Gasteiger partial charge >= 0.3 is 0 Å². The molecule has 4 heterocycles. The third kappa shape index (κ3) is 3.04. The fourth-order valence-corrected chi connectivity index (χ4v) is 5.27. The van der Waals surface area contributed by atoms with Crippen LogP contribution in [0, 0.1) is 6.92 Å². The first-order chi connectivity index (χ1) is 13.3. The first-order valence-corrected chi connectivity index (χ1v) is 10.1. The van der Waals surface area contributed by atoms with E-state index in [4.69, 9.17) is 9.47 Å². The van der Waals surface area contributed by atoms with Crippen molar-refractivity contribution in [1.29, 1.82) is 0 Å². The van der Waals surface area contributed by atoms with Gasteiger partial charge in [0.1, 0.15) is 17.4 Å². The molecule has 0 fully saturated rings. The molecule has 3 aromatic rings. The normalized spacial score (nSPS) is 16.4. The van der Waals surface area contributed by atoms with Crippen molar-refractivity contribution in [2.75, 3.05) is 13.2 Å². The number of aryl methyl sites for hydroxylation is 1. The van der Waals surface area contributed by atoms with Gasteiger partial charge in [-0.05, 0) is 36.5 Å². The number of rotatable bonds is 3. The molecule has 0 saturated carbocycles. The zero-order valence-corrected chi connectivity index (χ0v) is 16.1. The number of fused-ring (bicyclic) bond motifs is 3. The Hall–Kier alpha value is -2.28. The molecule has 0 saturated heterocycles. The molecule has 0 unspecified atom stereocenters. The van der Waals surface area contributed by atoms with Gasteiger partial charge in [0.05, 0.1) is 19.8 Å². The summed E-state index contributed by atoms with van der Waals surface area (Å²) in [4.78, 5) is 1.36. The third-order valence-corrected chi connectivity index (χ3v) is 6.48. The lowest BCUT2D eigenvalue weighted by atomic mass is 9.97. The second-order valence-electron chi connectivity index (χ2n) is 6.90. The van der Waals surface area contributed by atoms with E-state index in [1.54, 1.807) is 0 Å². The van der Waals surface area contributed by atoms with E-state index in [9.17, 15) is 0 Å². The van der Waals surface area contributed by atoms with Crippen molar-refractivity contribution in [3.05, 3.63) is 69.6 Å². The van der Waals surface area contributed by atoms with E-state index in [0.717, 1.165) is 31.1 Å². The number of ether oxygens (including phenoxy) is 2. The Balaban J connectivity index is 1.69. The summed E-state index contributed by atoms with van der Waals surface area (Å²) >= 11 is 1.84. The van der Waals surface area contributed by atoms with Gasteiger partial charge in [0, 0.05) is 10.4 Å². The molecule has 2 aromatic heterocycles. The highest BCUT2D eigenvalue weighted by Crippen LogP contribution is 2.41. The van der Waals surface area contributed by atoms with Crippen molar-refractivity contribution in [1.82, 2.24) is 14.8 Å². The van der Waals surface area contributed by atoms with Gasteiger partial charge in [-0.1, -0.05) is 36.4 Å². The Labute approximate surface area is 162 Å². The highest BCUT2D eigenvalue weighted by atomic mass is 32.1. The predicted octanol–water partition coefficient (Wildman–Crippen LogP) is 4.06.